The number of nitrogens with one attached hydrogen (secondary N) is 1. The van der Waals surface area contributed by atoms with Crippen LogP contribution in [0.15, 0.2) is 48.5 Å². The molecule has 1 aliphatic rings. The Labute approximate surface area is 146 Å². The maximum Gasteiger partial charge on any atom is 0.229 e. The topological polar surface area (TPSA) is 49.4 Å². The molecule has 130 valence electrons. The van der Waals surface area contributed by atoms with Crippen molar-refractivity contribution in [1.82, 2.24) is 0 Å². The predicted octanol–water partition coefficient (Wildman–Crippen LogP) is 3.88. The van der Waals surface area contributed by atoms with E-state index in [9.17, 15) is 14.0 Å². The van der Waals surface area contributed by atoms with Crippen LogP contribution in [0.4, 0.5) is 15.8 Å². The molecule has 1 atom stereocenters. The minimum Gasteiger partial charge on any atom is -0.370 e. The molecule has 0 spiro atoms. The zero-order valence-corrected chi connectivity index (χ0v) is 14.2. The van der Waals surface area contributed by atoms with Crippen molar-refractivity contribution in [3.63, 3.8) is 0 Å². The van der Waals surface area contributed by atoms with Crippen molar-refractivity contribution in [2.24, 2.45) is 5.92 Å². The van der Waals surface area contributed by atoms with E-state index >= 15 is 0 Å². The second-order valence-electron chi connectivity index (χ2n) is 6.33. The first kappa shape index (κ1) is 17.1. The van der Waals surface area contributed by atoms with E-state index in [1.54, 1.807) is 12.1 Å². The van der Waals surface area contributed by atoms with E-state index in [0.29, 0.717) is 18.8 Å². The summed E-state index contributed by atoms with van der Waals surface area (Å²) < 4.78 is 14.1. The first-order valence-corrected chi connectivity index (χ1v) is 8.46. The molecule has 0 aliphatic carbocycles. The van der Waals surface area contributed by atoms with Gasteiger partial charge in [0.05, 0.1) is 17.2 Å². The number of ketones is 1. The lowest BCUT2D eigenvalue weighted by molar-refractivity contribution is -0.120. The third-order valence-electron chi connectivity index (χ3n) is 4.52. The van der Waals surface area contributed by atoms with E-state index in [1.807, 2.05) is 35.2 Å². The maximum absolute atomic E-state index is 14.1. The highest BCUT2D eigenvalue weighted by Gasteiger charge is 2.28. The fraction of sp³-hybridized carbons (Fsp3) is 0.300. The Morgan fingerprint density at radius 3 is 2.60 bits per heavy atom. The fourth-order valence-electron chi connectivity index (χ4n) is 3.30. The number of anilines is 2. The molecular formula is C20H21FN2O2. The molecule has 1 aliphatic heterocycles. The molecule has 3 rings (SSSR count). The van der Waals surface area contributed by atoms with Crippen LogP contribution >= 0.6 is 0 Å². The number of hydrogen-bond donors (Lipinski definition) is 1. The van der Waals surface area contributed by atoms with Crippen LogP contribution < -0.4 is 10.2 Å². The van der Waals surface area contributed by atoms with Gasteiger partial charge in [0.15, 0.2) is 5.78 Å². The highest BCUT2D eigenvalue weighted by Crippen LogP contribution is 2.29. The van der Waals surface area contributed by atoms with Gasteiger partial charge in [0, 0.05) is 18.8 Å². The lowest BCUT2D eigenvalue weighted by Crippen LogP contribution is -2.41. The van der Waals surface area contributed by atoms with Gasteiger partial charge in [0.2, 0.25) is 5.91 Å². The molecule has 1 saturated heterocycles. The molecule has 5 heteroatoms. The van der Waals surface area contributed by atoms with Crippen LogP contribution in [0.1, 0.15) is 30.1 Å². The molecular weight excluding hydrogens is 319 g/mol. The molecule has 0 aromatic heterocycles. The van der Waals surface area contributed by atoms with Crippen molar-refractivity contribution in [2.45, 2.75) is 19.8 Å². The summed E-state index contributed by atoms with van der Waals surface area (Å²) in [7, 11) is 0. The summed E-state index contributed by atoms with van der Waals surface area (Å²) >= 11 is 0. The number of amides is 1. The summed E-state index contributed by atoms with van der Waals surface area (Å²) in [5, 5.41) is 2.93. The summed E-state index contributed by atoms with van der Waals surface area (Å²) in [6.07, 6.45) is 1.60. The van der Waals surface area contributed by atoms with Crippen molar-refractivity contribution in [3.05, 3.63) is 59.9 Å². The normalized spacial score (nSPS) is 17.2. The zero-order valence-electron chi connectivity index (χ0n) is 14.2. The third kappa shape index (κ3) is 3.87. The Hall–Kier alpha value is -2.69. The summed E-state index contributed by atoms with van der Waals surface area (Å²) in [6.45, 7) is 2.55. The summed E-state index contributed by atoms with van der Waals surface area (Å²) in [6, 6.07) is 14.0. The number of carbonyl (C=O) groups is 2. The van der Waals surface area contributed by atoms with Gasteiger partial charge in [-0.2, -0.15) is 0 Å². The van der Waals surface area contributed by atoms with Crippen LogP contribution in [0, 0.1) is 11.7 Å². The molecule has 1 N–H and O–H groups in total. The number of para-hydroxylation sites is 1. The monoisotopic (exact) mass is 340 g/mol. The van der Waals surface area contributed by atoms with Crippen molar-refractivity contribution in [2.75, 3.05) is 23.3 Å². The van der Waals surface area contributed by atoms with Crippen LogP contribution in [0.2, 0.25) is 0 Å². The van der Waals surface area contributed by atoms with Crippen LogP contribution in [-0.4, -0.2) is 24.8 Å². The largest absolute Gasteiger partial charge is 0.370 e. The number of Topliss-reactive ketones (excluding diaryl/α,β-unsaturated/α-hetero) is 1. The van der Waals surface area contributed by atoms with E-state index in [4.69, 9.17) is 0 Å². The zero-order chi connectivity index (χ0) is 17.8. The Morgan fingerprint density at radius 2 is 1.88 bits per heavy atom. The van der Waals surface area contributed by atoms with Gasteiger partial charge >= 0.3 is 0 Å². The van der Waals surface area contributed by atoms with Crippen LogP contribution in [0.3, 0.4) is 0 Å². The molecule has 2 aromatic rings. The summed E-state index contributed by atoms with van der Waals surface area (Å²) in [5.74, 6) is -1.06. The Morgan fingerprint density at radius 1 is 1.12 bits per heavy atom. The molecule has 1 fully saturated rings. The standard InChI is InChI=1S/C20H21FN2O2/c1-14(24)19-17(21)10-5-11-18(19)23-12-6-7-15(13-23)20(25)22-16-8-3-2-4-9-16/h2-5,8-11,15H,6-7,12-13H2,1H3,(H,22,25). The predicted molar refractivity (Wildman–Crippen MR) is 96.4 cm³/mol. The number of benzene rings is 2. The highest BCUT2D eigenvalue weighted by molar-refractivity contribution is 6.00. The summed E-state index contributed by atoms with van der Waals surface area (Å²) in [4.78, 5) is 26.3. The third-order valence-corrected chi connectivity index (χ3v) is 4.52. The lowest BCUT2D eigenvalue weighted by Gasteiger charge is -2.34. The molecule has 4 nitrogen and oxygen atoms in total. The number of hydrogen-bond acceptors (Lipinski definition) is 3. The molecule has 1 heterocycles. The van der Waals surface area contributed by atoms with E-state index in [-0.39, 0.29) is 23.2 Å². The molecule has 25 heavy (non-hydrogen) atoms. The van der Waals surface area contributed by atoms with Crippen molar-refractivity contribution >= 4 is 23.1 Å². The van der Waals surface area contributed by atoms with Crippen molar-refractivity contribution in [1.29, 1.82) is 0 Å². The van der Waals surface area contributed by atoms with Gasteiger partial charge in [-0.25, -0.2) is 4.39 Å². The quantitative estimate of drug-likeness (QED) is 0.859. The minimum atomic E-state index is -0.513. The molecule has 0 radical (unpaired) electrons. The number of carbonyl (C=O) groups excluding carboxylic acids is 2. The van der Waals surface area contributed by atoms with Gasteiger partial charge < -0.3 is 10.2 Å². The van der Waals surface area contributed by atoms with E-state index in [1.165, 1.54) is 13.0 Å². The number of nitrogens with zero attached hydrogens (tertiary/aromatic N) is 1. The average Bonchev–Trinajstić information content (AvgIpc) is 2.62. The van der Waals surface area contributed by atoms with E-state index in [0.717, 1.165) is 18.5 Å². The van der Waals surface area contributed by atoms with Gasteiger partial charge in [-0.1, -0.05) is 24.3 Å². The second-order valence-corrected chi connectivity index (χ2v) is 6.33. The van der Waals surface area contributed by atoms with Gasteiger partial charge in [0.25, 0.3) is 0 Å². The van der Waals surface area contributed by atoms with E-state index in [2.05, 4.69) is 5.32 Å². The van der Waals surface area contributed by atoms with Gasteiger partial charge in [-0.15, -0.1) is 0 Å². The lowest BCUT2D eigenvalue weighted by atomic mass is 9.95. The number of halogens is 1. The van der Waals surface area contributed by atoms with Crippen LogP contribution in [0.5, 0.6) is 0 Å². The number of piperidine rings is 1. The van der Waals surface area contributed by atoms with Crippen LogP contribution in [-0.2, 0) is 4.79 Å². The second kappa shape index (κ2) is 7.47. The van der Waals surface area contributed by atoms with Gasteiger partial charge in [-0.05, 0) is 44.0 Å². The van der Waals surface area contributed by atoms with Gasteiger partial charge in [-0.3, -0.25) is 9.59 Å². The van der Waals surface area contributed by atoms with Crippen molar-refractivity contribution in [3.8, 4) is 0 Å². The fourth-order valence-corrected chi connectivity index (χ4v) is 3.30. The molecule has 0 bridgehead atoms. The first-order chi connectivity index (χ1) is 12.1. The van der Waals surface area contributed by atoms with Gasteiger partial charge in [0.1, 0.15) is 5.82 Å². The Kier molecular flexibility index (Phi) is 5.12. The highest BCUT2D eigenvalue weighted by atomic mass is 19.1. The maximum atomic E-state index is 14.1. The van der Waals surface area contributed by atoms with E-state index < -0.39 is 5.82 Å². The molecule has 1 amide bonds. The first-order valence-electron chi connectivity index (χ1n) is 8.46. The summed E-state index contributed by atoms with van der Waals surface area (Å²) in [5.41, 5.74) is 1.44. The van der Waals surface area contributed by atoms with Crippen molar-refractivity contribution < 1.29 is 14.0 Å². The average molecular weight is 340 g/mol. The number of rotatable bonds is 4. The molecule has 2 aromatic carbocycles. The Bertz CT molecular complexity index is 777. The SMILES string of the molecule is CC(=O)c1c(F)cccc1N1CCCC(C(=O)Nc2ccccc2)C1. The minimum absolute atomic E-state index is 0.0447. The van der Waals surface area contributed by atoms with Crippen LogP contribution in [0.25, 0.3) is 0 Å². The molecule has 1 unspecified atom stereocenters. The Balaban J connectivity index is 1.77. The smallest absolute Gasteiger partial charge is 0.229 e. The molecule has 0 saturated carbocycles.